The summed E-state index contributed by atoms with van der Waals surface area (Å²) in [6, 6.07) is 10.2. The van der Waals surface area contributed by atoms with Crippen LogP contribution in [0.5, 0.6) is 0 Å². The first kappa shape index (κ1) is 22.7. The number of hydrogen-bond acceptors (Lipinski definition) is 3. The number of carbonyl (C=O) groups excluding carboxylic acids is 1. The van der Waals surface area contributed by atoms with Crippen molar-refractivity contribution in [3.8, 4) is 0 Å². The number of nitrogens with zero attached hydrogens (tertiary/aromatic N) is 2. The van der Waals surface area contributed by atoms with Crippen LogP contribution < -0.4 is 4.31 Å². The lowest BCUT2D eigenvalue weighted by molar-refractivity contribution is -0.139. The van der Waals surface area contributed by atoms with Crippen LogP contribution in [-0.2, 0) is 21.0 Å². The molecule has 0 aromatic heterocycles. The summed E-state index contributed by atoms with van der Waals surface area (Å²) in [7, 11) is -4.66. The Bertz CT molecular complexity index is 954. The molecule has 9 heteroatoms. The third-order valence-corrected chi connectivity index (χ3v) is 6.31. The molecule has 0 unspecified atom stereocenters. The Kier molecular flexibility index (Phi) is 6.94. The summed E-state index contributed by atoms with van der Waals surface area (Å²) in [6.07, 6.45) is -4.86. The van der Waals surface area contributed by atoms with E-state index in [2.05, 4.69) is 0 Å². The van der Waals surface area contributed by atoms with Gasteiger partial charge in [0.25, 0.3) is 10.0 Å². The van der Waals surface area contributed by atoms with Crippen molar-refractivity contribution < 1.29 is 26.4 Å². The van der Waals surface area contributed by atoms with Crippen molar-refractivity contribution in [3.05, 3.63) is 59.7 Å². The van der Waals surface area contributed by atoms with Crippen LogP contribution >= 0.6 is 0 Å². The van der Waals surface area contributed by atoms with Crippen LogP contribution in [0.3, 0.4) is 0 Å². The number of carbonyl (C=O) groups is 1. The second kappa shape index (κ2) is 8.86. The molecule has 2 rings (SSSR count). The molecule has 0 radical (unpaired) electrons. The van der Waals surface area contributed by atoms with Gasteiger partial charge in [0.2, 0.25) is 5.91 Å². The lowest BCUT2D eigenvalue weighted by Crippen LogP contribution is -2.43. The second-order valence-electron chi connectivity index (χ2n) is 6.41. The Morgan fingerprint density at radius 1 is 0.966 bits per heavy atom. The number of aryl methyl sites for hydroxylation is 1. The first-order valence-electron chi connectivity index (χ1n) is 9.05. The standard InChI is InChI=1S/C20H23F3N2O3S/c1-4-24(5-2)19(26)14-25(16-12-10-15(3)11-13-16)29(27,28)18-9-7-6-8-17(18)20(21,22)23/h6-13H,4-5,14H2,1-3H3. The van der Waals surface area contributed by atoms with Crippen molar-refractivity contribution in [1.29, 1.82) is 0 Å². The fourth-order valence-electron chi connectivity index (χ4n) is 2.87. The van der Waals surface area contributed by atoms with E-state index in [1.165, 1.54) is 23.1 Å². The molecule has 0 fully saturated rings. The van der Waals surface area contributed by atoms with Gasteiger partial charge in [-0.05, 0) is 45.0 Å². The Morgan fingerprint density at radius 3 is 2.03 bits per heavy atom. The minimum atomic E-state index is -4.86. The van der Waals surface area contributed by atoms with E-state index in [4.69, 9.17) is 0 Å². The van der Waals surface area contributed by atoms with Crippen LogP contribution in [0.25, 0.3) is 0 Å². The van der Waals surface area contributed by atoms with Crippen LogP contribution in [-0.4, -0.2) is 38.9 Å². The molecule has 29 heavy (non-hydrogen) atoms. The van der Waals surface area contributed by atoms with Crippen LogP contribution in [0, 0.1) is 6.92 Å². The van der Waals surface area contributed by atoms with E-state index >= 15 is 0 Å². The summed E-state index contributed by atoms with van der Waals surface area (Å²) in [5.74, 6) is -0.497. The third kappa shape index (κ3) is 5.09. The lowest BCUT2D eigenvalue weighted by Gasteiger charge is -2.28. The first-order valence-corrected chi connectivity index (χ1v) is 10.5. The summed E-state index contributed by atoms with van der Waals surface area (Å²) in [4.78, 5) is 13.1. The maximum absolute atomic E-state index is 13.4. The Morgan fingerprint density at radius 2 is 1.52 bits per heavy atom. The molecule has 158 valence electrons. The maximum atomic E-state index is 13.4. The molecular formula is C20H23F3N2O3S. The van der Waals surface area contributed by atoms with Gasteiger partial charge in [0.15, 0.2) is 0 Å². The van der Waals surface area contributed by atoms with Crippen molar-refractivity contribution in [3.63, 3.8) is 0 Å². The van der Waals surface area contributed by atoms with Crippen LogP contribution in [0.1, 0.15) is 25.0 Å². The molecule has 0 spiro atoms. The fraction of sp³-hybridized carbons (Fsp3) is 0.350. The van der Waals surface area contributed by atoms with Gasteiger partial charge in [0, 0.05) is 13.1 Å². The van der Waals surface area contributed by atoms with Gasteiger partial charge in [-0.2, -0.15) is 13.2 Å². The zero-order valence-electron chi connectivity index (χ0n) is 16.4. The van der Waals surface area contributed by atoms with Gasteiger partial charge in [-0.15, -0.1) is 0 Å². The molecule has 0 aliphatic carbocycles. The topological polar surface area (TPSA) is 57.7 Å². The number of rotatable bonds is 7. The number of hydrogen-bond donors (Lipinski definition) is 0. The van der Waals surface area contributed by atoms with E-state index in [-0.39, 0.29) is 5.69 Å². The summed E-state index contributed by atoms with van der Waals surface area (Å²) < 4.78 is 67.6. The molecule has 5 nitrogen and oxygen atoms in total. The van der Waals surface area contributed by atoms with E-state index in [0.29, 0.717) is 19.2 Å². The van der Waals surface area contributed by atoms with E-state index in [1.807, 2.05) is 0 Å². The van der Waals surface area contributed by atoms with E-state index in [1.54, 1.807) is 32.9 Å². The fourth-order valence-corrected chi connectivity index (χ4v) is 4.50. The zero-order valence-corrected chi connectivity index (χ0v) is 17.2. The minimum Gasteiger partial charge on any atom is -0.342 e. The molecule has 0 saturated carbocycles. The molecule has 1 amide bonds. The van der Waals surface area contributed by atoms with Crippen molar-refractivity contribution in [2.75, 3.05) is 23.9 Å². The summed E-state index contributed by atoms with van der Waals surface area (Å²) >= 11 is 0. The predicted molar refractivity (Wildman–Crippen MR) is 105 cm³/mol. The molecule has 2 aromatic rings. The van der Waals surface area contributed by atoms with E-state index in [9.17, 15) is 26.4 Å². The van der Waals surface area contributed by atoms with Gasteiger partial charge >= 0.3 is 6.18 Å². The predicted octanol–water partition coefficient (Wildman–Crippen LogP) is 4.08. The average Bonchev–Trinajstić information content (AvgIpc) is 2.67. The Balaban J connectivity index is 2.62. The number of likely N-dealkylation sites (N-methyl/N-ethyl adjacent to an activating group) is 1. The number of sulfonamides is 1. The highest BCUT2D eigenvalue weighted by atomic mass is 32.2. The first-order chi connectivity index (χ1) is 13.5. The summed E-state index contributed by atoms with van der Waals surface area (Å²) in [5.41, 5.74) is -0.308. The molecular weight excluding hydrogens is 405 g/mol. The van der Waals surface area contributed by atoms with Crippen LogP contribution in [0.15, 0.2) is 53.4 Å². The molecule has 0 N–H and O–H groups in total. The second-order valence-corrected chi connectivity index (χ2v) is 8.24. The van der Waals surface area contributed by atoms with Gasteiger partial charge in [-0.1, -0.05) is 29.8 Å². The SMILES string of the molecule is CCN(CC)C(=O)CN(c1ccc(C)cc1)S(=O)(=O)c1ccccc1C(F)(F)F. The summed E-state index contributed by atoms with van der Waals surface area (Å²) in [6.45, 7) is 5.39. The normalized spacial score (nSPS) is 11.9. The van der Waals surface area contributed by atoms with E-state index in [0.717, 1.165) is 22.0 Å². The smallest absolute Gasteiger partial charge is 0.342 e. The van der Waals surface area contributed by atoms with Gasteiger partial charge in [0.1, 0.15) is 6.54 Å². The molecule has 0 aliphatic rings. The third-order valence-electron chi connectivity index (χ3n) is 4.48. The average molecular weight is 428 g/mol. The van der Waals surface area contributed by atoms with Crippen molar-refractivity contribution in [2.45, 2.75) is 31.8 Å². The molecule has 2 aromatic carbocycles. The number of anilines is 1. The van der Waals surface area contributed by atoms with Crippen LogP contribution in [0.2, 0.25) is 0 Å². The molecule has 0 atom stereocenters. The number of benzene rings is 2. The molecule has 0 bridgehead atoms. The molecule has 0 saturated heterocycles. The highest BCUT2D eigenvalue weighted by Gasteiger charge is 2.39. The quantitative estimate of drug-likeness (QED) is 0.668. The Hall–Kier alpha value is -2.55. The highest BCUT2D eigenvalue weighted by molar-refractivity contribution is 7.93. The van der Waals surface area contributed by atoms with Gasteiger partial charge in [-0.3, -0.25) is 9.10 Å². The monoisotopic (exact) mass is 428 g/mol. The maximum Gasteiger partial charge on any atom is 0.417 e. The van der Waals surface area contributed by atoms with Crippen molar-refractivity contribution in [2.24, 2.45) is 0 Å². The van der Waals surface area contributed by atoms with Crippen molar-refractivity contribution in [1.82, 2.24) is 4.90 Å². The molecule has 0 aliphatic heterocycles. The minimum absolute atomic E-state index is 0.119. The largest absolute Gasteiger partial charge is 0.417 e. The number of halogens is 3. The lowest BCUT2D eigenvalue weighted by atomic mass is 10.2. The van der Waals surface area contributed by atoms with Crippen LogP contribution in [0.4, 0.5) is 18.9 Å². The molecule has 0 heterocycles. The zero-order chi connectivity index (χ0) is 21.8. The van der Waals surface area contributed by atoms with Gasteiger partial charge in [-0.25, -0.2) is 8.42 Å². The van der Waals surface area contributed by atoms with Crippen molar-refractivity contribution >= 4 is 21.6 Å². The summed E-state index contributed by atoms with van der Waals surface area (Å²) in [5, 5.41) is 0. The number of amides is 1. The van der Waals surface area contributed by atoms with Gasteiger partial charge < -0.3 is 4.90 Å². The van der Waals surface area contributed by atoms with Gasteiger partial charge in [0.05, 0.1) is 16.1 Å². The highest BCUT2D eigenvalue weighted by Crippen LogP contribution is 2.36. The number of alkyl halides is 3. The van der Waals surface area contributed by atoms with E-state index < -0.39 is 39.1 Å². The Labute approximate surface area is 168 Å².